The standard InChI is InChI=1S/C14H26N2O.ClH/c15-13(8-17)7-16-9-14-4-10-1-11(5-14)3-12(2-10)6-14;/h10-13,16-17H,1-9,15H2;1H/t10?,11?,12?,13-,14?;/m0./s1. The lowest BCUT2D eigenvalue weighted by molar-refractivity contribution is -0.0514. The van der Waals surface area contributed by atoms with Gasteiger partial charge >= 0.3 is 0 Å². The van der Waals surface area contributed by atoms with Crippen molar-refractivity contribution >= 4 is 12.4 Å². The number of aliphatic hydroxyl groups is 1. The second kappa shape index (κ2) is 5.66. The summed E-state index contributed by atoms with van der Waals surface area (Å²) in [4.78, 5) is 0. The van der Waals surface area contributed by atoms with E-state index in [-0.39, 0.29) is 25.1 Å². The molecule has 0 radical (unpaired) electrons. The molecule has 3 nitrogen and oxygen atoms in total. The van der Waals surface area contributed by atoms with E-state index in [1.165, 1.54) is 38.5 Å². The van der Waals surface area contributed by atoms with E-state index in [1.54, 1.807) is 0 Å². The maximum Gasteiger partial charge on any atom is 0.0594 e. The summed E-state index contributed by atoms with van der Waals surface area (Å²) < 4.78 is 0. The van der Waals surface area contributed by atoms with Gasteiger partial charge in [-0.25, -0.2) is 0 Å². The zero-order valence-electron chi connectivity index (χ0n) is 11.1. The second-order valence-electron chi connectivity index (χ2n) is 6.99. The van der Waals surface area contributed by atoms with E-state index < -0.39 is 0 Å². The molecule has 0 heterocycles. The Bertz CT molecular complexity index is 250. The zero-order valence-corrected chi connectivity index (χ0v) is 11.9. The van der Waals surface area contributed by atoms with Crippen molar-refractivity contribution < 1.29 is 5.11 Å². The molecule has 4 aliphatic rings. The Kier molecular flexibility index (Phi) is 4.58. The molecule has 0 spiro atoms. The van der Waals surface area contributed by atoms with Crippen LogP contribution < -0.4 is 11.1 Å². The van der Waals surface area contributed by atoms with E-state index in [1.807, 2.05) is 0 Å². The first-order valence-electron chi connectivity index (χ1n) is 7.26. The van der Waals surface area contributed by atoms with E-state index in [2.05, 4.69) is 5.32 Å². The molecule has 0 aromatic carbocycles. The highest BCUT2D eigenvalue weighted by Crippen LogP contribution is 2.59. The van der Waals surface area contributed by atoms with Crippen molar-refractivity contribution in [3.63, 3.8) is 0 Å². The molecule has 0 amide bonds. The Morgan fingerprint density at radius 2 is 1.61 bits per heavy atom. The number of nitrogens with two attached hydrogens (primary N) is 1. The normalized spacial score (nSPS) is 42.7. The molecule has 0 aromatic rings. The van der Waals surface area contributed by atoms with Gasteiger partial charge in [0.25, 0.3) is 0 Å². The molecule has 4 aliphatic carbocycles. The fourth-order valence-corrected chi connectivity index (χ4v) is 5.09. The Balaban J connectivity index is 0.00000120. The van der Waals surface area contributed by atoms with Gasteiger partial charge in [-0.3, -0.25) is 0 Å². The number of halogens is 1. The van der Waals surface area contributed by atoms with Crippen LogP contribution in [0.1, 0.15) is 38.5 Å². The number of nitrogens with one attached hydrogen (secondary N) is 1. The van der Waals surface area contributed by atoms with Crippen molar-refractivity contribution in [2.24, 2.45) is 28.9 Å². The third-order valence-electron chi connectivity index (χ3n) is 5.31. The molecular weight excluding hydrogens is 248 g/mol. The minimum Gasteiger partial charge on any atom is -0.395 e. The fourth-order valence-electron chi connectivity index (χ4n) is 5.09. The summed E-state index contributed by atoms with van der Waals surface area (Å²) in [6, 6.07) is -0.0936. The summed E-state index contributed by atoms with van der Waals surface area (Å²) in [6.45, 7) is 1.98. The predicted molar refractivity (Wildman–Crippen MR) is 75.8 cm³/mol. The third-order valence-corrected chi connectivity index (χ3v) is 5.31. The molecule has 0 aliphatic heterocycles. The Labute approximate surface area is 116 Å². The van der Waals surface area contributed by atoms with E-state index in [4.69, 9.17) is 10.8 Å². The van der Waals surface area contributed by atoms with Gasteiger partial charge in [0.15, 0.2) is 0 Å². The number of aliphatic hydroxyl groups excluding tert-OH is 1. The van der Waals surface area contributed by atoms with Crippen molar-refractivity contribution in [3.05, 3.63) is 0 Å². The topological polar surface area (TPSA) is 58.3 Å². The van der Waals surface area contributed by atoms with Gasteiger partial charge in [0.2, 0.25) is 0 Å². The summed E-state index contributed by atoms with van der Waals surface area (Å²) in [7, 11) is 0. The van der Waals surface area contributed by atoms with Crippen LogP contribution in [0.25, 0.3) is 0 Å². The molecule has 4 N–H and O–H groups in total. The first-order chi connectivity index (χ1) is 8.19. The predicted octanol–water partition coefficient (Wildman–Crippen LogP) is 1.53. The van der Waals surface area contributed by atoms with Crippen LogP contribution in [-0.4, -0.2) is 30.8 Å². The molecule has 1 atom stereocenters. The van der Waals surface area contributed by atoms with Gasteiger partial charge in [0.1, 0.15) is 0 Å². The maximum atomic E-state index is 8.93. The van der Waals surface area contributed by atoms with Gasteiger partial charge < -0.3 is 16.2 Å². The minimum absolute atomic E-state index is 0. The van der Waals surface area contributed by atoms with Crippen LogP contribution in [0.3, 0.4) is 0 Å². The van der Waals surface area contributed by atoms with Gasteiger partial charge in [0.05, 0.1) is 6.61 Å². The quantitative estimate of drug-likeness (QED) is 0.713. The summed E-state index contributed by atoms with van der Waals surface area (Å²) in [5, 5.41) is 12.4. The van der Waals surface area contributed by atoms with Gasteiger partial charge in [0, 0.05) is 19.1 Å². The molecule has 4 saturated carbocycles. The second-order valence-corrected chi connectivity index (χ2v) is 6.99. The van der Waals surface area contributed by atoms with E-state index >= 15 is 0 Å². The van der Waals surface area contributed by atoms with E-state index in [0.717, 1.165) is 30.8 Å². The molecule has 0 saturated heterocycles. The summed E-state index contributed by atoms with van der Waals surface area (Å²) in [5.41, 5.74) is 6.33. The molecule has 4 rings (SSSR count). The Morgan fingerprint density at radius 3 is 2.06 bits per heavy atom. The molecule has 4 fully saturated rings. The van der Waals surface area contributed by atoms with Crippen molar-refractivity contribution in [1.82, 2.24) is 5.32 Å². The lowest BCUT2D eigenvalue weighted by atomic mass is 9.49. The number of hydrogen-bond acceptors (Lipinski definition) is 3. The lowest BCUT2D eigenvalue weighted by Crippen LogP contribution is -2.51. The van der Waals surface area contributed by atoms with Crippen molar-refractivity contribution in [2.75, 3.05) is 19.7 Å². The van der Waals surface area contributed by atoms with Crippen molar-refractivity contribution in [3.8, 4) is 0 Å². The van der Waals surface area contributed by atoms with Crippen LogP contribution in [0, 0.1) is 23.2 Å². The zero-order chi connectivity index (χ0) is 11.9. The smallest absolute Gasteiger partial charge is 0.0594 e. The Hall–Kier alpha value is 0.170. The molecule has 18 heavy (non-hydrogen) atoms. The maximum absolute atomic E-state index is 8.93. The van der Waals surface area contributed by atoms with Crippen LogP contribution in [0.2, 0.25) is 0 Å². The third kappa shape index (κ3) is 2.84. The fraction of sp³-hybridized carbons (Fsp3) is 1.00. The van der Waals surface area contributed by atoms with Gasteiger partial charge in [-0.15, -0.1) is 12.4 Å². The highest BCUT2D eigenvalue weighted by atomic mass is 35.5. The van der Waals surface area contributed by atoms with Gasteiger partial charge in [-0.05, 0) is 61.7 Å². The van der Waals surface area contributed by atoms with Crippen LogP contribution in [0.5, 0.6) is 0 Å². The average Bonchev–Trinajstić information content (AvgIpc) is 2.26. The summed E-state index contributed by atoms with van der Waals surface area (Å²) in [6.07, 6.45) is 8.86. The highest BCUT2D eigenvalue weighted by Gasteiger charge is 2.50. The molecule has 0 unspecified atom stereocenters. The van der Waals surface area contributed by atoms with E-state index in [9.17, 15) is 0 Å². The average molecular weight is 275 g/mol. The van der Waals surface area contributed by atoms with Gasteiger partial charge in [-0.2, -0.15) is 0 Å². The first-order valence-corrected chi connectivity index (χ1v) is 7.26. The molecule has 4 bridgehead atoms. The van der Waals surface area contributed by atoms with Crippen LogP contribution in [0.15, 0.2) is 0 Å². The van der Waals surface area contributed by atoms with E-state index in [0.29, 0.717) is 5.41 Å². The molecule has 0 aromatic heterocycles. The summed E-state index contributed by atoms with van der Waals surface area (Å²) >= 11 is 0. The molecule has 106 valence electrons. The number of hydrogen-bond donors (Lipinski definition) is 3. The highest BCUT2D eigenvalue weighted by molar-refractivity contribution is 5.85. The van der Waals surface area contributed by atoms with Gasteiger partial charge in [-0.1, -0.05) is 0 Å². The van der Waals surface area contributed by atoms with Crippen molar-refractivity contribution in [1.29, 1.82) is 0 Å². The van der Waals surface area contributed by atoms with Crippen molar-refractivity contribution in [2.45, 2.75) is 44.6 Å². The molecular formula is C14H27ClN2O. The van der Waals surface area contributed by atoms with Crippen LogP contribution in [0.4, 0.5) is 0 Å². The lowest BCUT2D eigenvalue weighted by Gasteiger charge is -2.57. The number of rotatable bonds is 5. The van der Waals surface area contributed by atoms with Crippen LogP contribution >= 0.6 is 12.4 Å². The Morgan fingerprint density at radius 1 is 1.11 bits per heavy atom. The SMILES string of the molecule is Cl.N[C@H](CO)CNCC12CC3CC(CC(C3)C1)C2. The van der Waals surface area contributed by atoms with Crippen LogP contribution in [-0.2, 0) is 0 Å². The minimum atomic E-state index is -0.0936. The molecule has 4 heteroatoms. The summed E-state index contributed by atoms with van der Waals surface area (Å²) in [5.74, 6) is 3.07. The first kappa shape index (κ1) is 14.6. The largest absolute Gasteiger partial charge is 0.395 e. The monoisotopic (exact) mass is 274 g/mol.